The summed E-state index contributed by atoms with van der Waals surface area (Å²) in [5.41, 5.74) is 8.77. The zero-order valence-electron chi connectivity index (χ0n) is 21.2. The number of aromatic nitrogens is 2. The van der Waals surface area contributed by atoms with E-state index in [1.54, 1.807) is 6.20 Å². The summed E-state index contributed by atoms with van der Waals surface area (Å²) in [7, 11) is 2.19. The first-order chi connectivity index (χ1) is 17.5. The molecule has 0 atom stereocenters. The summed E-state index contributed by atoms with van der Waals surface area (Å²) in [4.78, 5) is 12.6. The van der Waals surface area contributed by atoms with Gasteiger partial charge in [-0.2, -0.15) is 5.26 Å². The molecule has 0 bridgehead atoms. The van der Waals surface area contributed by atoms with Gasteiger partial charge < -0.3 is 15.2 Å². The molecular weight excluding hydrogens is 444 g/mol. The smallest absolute Gasteiger partial charge is 0.103 e. The molecule has 0 aliphatic carbocycles. The van der Waals surface area contributed by atoms with Gasteiger partial charge in [-0.15, -0.1) is 0 Å². The van der Waals surface area contributed by atoms with Gasteiger partial charge in [0.05, 0.1) is 11.3 Å². The van der Waals surface area contributed by atoms with Gasteiger partial charge in [-0.1, -0.05) is 36.4 Å². The van der Waals surface area contributed by atoms with E-state index in [1.165, 1.54) is 5.56 Å². The van der Waals surface area contributed by atoms with Crippen LogP contribution in [0.5, 0.6) is 0 Å². The molecule has 0 amide bonds. The number of aryl methyl sites for hydroxylation is 2. The van der Waals surface area contributed by atoms with Gasteiger partial charge in [0.25, 0.3) is 0 Å². The van der Waals surface area contributed by atoms with Crippen LogP contribution in [0.25, 0.3) is 23.1 Å². The van der Waals surface area contributed by atoms with Gasteiger partial charge >= 0.3 is 0 Å². The maximum atomic E-state index is 9.82. The van der Waals surface area contributed by atoms with E-state index < -0.39 is 0 Å². The number of anilines is 2. The number of hydrogen-bond acceptors (Lipinski definition) is 5. The largest absolute Gasteiger partial charge is 0.361 e. The minimum absolute atomic E-state index is 0.524. The molecule has 182 valence electrons. The molecule has 0 unspecified atom stereocenters. The quantitative estimate of drug-likeness (QED) is 0.373. The lowest BCUT2D eigenvalue weighted by Gasteiger charge is -2.32. The molecule has 5 rings (SSSR count). The number of fused-ring (bicyclic) bond motifs is 1. The first-order valence-electron chi connectivity index (χ1n) is 12.4. The van der Waals surface area contributed by atoms with E-state index in [2.05, 4.69) is 99.7 Å². The van der Waals surface area contributed by atoms with Crippen LogP contribution in [0, 0.1) is 25.2 Å². The number of piperazine rings is 1. The molecule has 1 fully saturated rings. The SMILES string of the molecule is Cc1ncc(C#N)c(Nc2ccc3[nH]ccc3c2C)c1/C=C/c1ccc(CN2CCN(C)CC2)cc1. The van der Waals surface area contributed by atoms with Crippen LogP contribution in [-0.2, 0) is 6.54 Å². The van der Waals surface area contributed by atoms with Crippen LogP contribution in [-0.4, -0.2) is 53.0 Å². The average molecular weight is 477 g/mol. The van der Waals surface area contributed by atoms with Crippen LogP contribution in [0.1, 0.15) is 33.5 Å². The second-order valence-electron chi connectivity index (χ2n) is 9.61. The Morgan fingerprint density at radius 2 is 1.81 bits per heavy atom. The highest BCUT2D eigenvalue weighted by Crippen LogP contribution is 2.32. The molecule has 0 spiro atoms. The van der Waals surface area contributed by atoms with E-state index in [1.807, 2.05) is 13.1 Å². The molecule has 36 heavy (non-hydrogen) atoms. The third kappa shape index (κ3) is 5.03. The Labute approximate surface area is 212 Å². The van der Waals surface area contributed by atoms with Gasteiger partial charge in [-0.3, -0.25) is 9.88 Å². The normalized spacial score (nSPS) is 14.9. The number of H-pyrrole nitrogens is 1. The van der Waals surface area contributed by atoms with Crippen LogP contribution < -0.4 is 5.32 Å². The zero-order valence-corrected chi connectivity index (χ0v) is 21.2. The van der Waals surface area contributed by atoms with Crippen molar-refractivity contribution in [1.82, 2.24) is 19.8 Å². The zero-order chi connectivity index (χ0) is 25.1. The molecule has 2 aromatic carbocycles. The molecule has 1 aliphatic rings. The number of nitrogens with one attached hydrogen (secondary N) is 2. The van der Waals surface area contributed by atoms with Gasteiger partial charge in [0, 0.05) is 73.0 Å². The predicted molar refractivity (Wildman–Crippen MR) is 148 cm³/mol. The standard InChI is InChI=1S/C30H32N6/c1-21-26-12-13-32-29(26)11-10-28(21)34-30-25(18-31)19-33-22(2)27(30)9-8-23-4-6-24(7-5-23)20-36-16-14-35(3)15-17-36/h4-13,19,32H,14-17,20H2,1-3H3,(H,33,34)/b9-8+. The fraction of sp³-hybridized carbons (Fsp3) is 0.267. The average Bonchev–Trinajstić information content (AvgIpc) is 3.37. The predicted octanol–water partition coefficient (Wildman–Crippen LogP) is 5.71. The molecule has 2 N–H and O–H groups in total. The van der Waals surface area contributed by atoms with E-state index in [0.717, 1.165) is 77.4 Å². The van der Waals surface area contributed by atoms with E-state index >= 15 is 0 Å². The maximum absolute atomic E-state index is 9.82. The maximum Gasteiger partial charge on any atom is 0.103 e. The van der Waals surface area contributed by atoms with E-state index in [4.69, 9.17) is 0 Å². The van der Waals surface area contributed by atoms with Crippen LogP contribution in [0.4, 0.5) is 11.4 Å². The van der Waals surface area contributed by atoms with Crippen molar-refractivity contribution in [2.24, 2.45) is 0 Å². The molecular formula is C30H32N6. The molecule has 1 saturated heterocycles. The van der Waals surface area contributed by atoms with Gasteiger partial charge in [0.1, 0.15) is 6.07 Å². The van der Waals surface area contributed by atoms with Crippen molar-refractivity contribution in [2.75, 3.05) is 38.5 Å². The summed E-state index contributed by atoms with van der Waals surface area (Å²) in [6.07, 6.45) is 7.75. The number of hydrogen-bond donors (Lipinski definition) is 2. The lowest BCUT2D eigenvalue weighted by atomic mass is 10.0. The summed E-state index contributed by atoms with van der Waals surface area (Å²) in [5.74, 6) is 0. The lowest BCUT2D eigenvalue weighted by Crippen LogP contribution is -2.43. The number of aromatic amines is 1. The van der Waals surface area contributed by atoms with Gasteiger partial charge in [-0.25, -0.2) is 0 Å². The van der Waals surface area contributed by atoms with Crippen LogP contribution in [0.15, 0.2) is 54.9 Å². The van der Waals surface area contributed by atoms with Gasteiger partial charge in [0.2, 0.25) is 0 Å². The summed E-state index contributed by atoms with van der Waals surface area (Å²) in [6.45, 7) is 9.56. The van der Waals surface area contributed by atoms with E-state index in [0.29, 0.717) is 5.56 Å². The number of benzene rings is 2. The lowest BCUT2D eigenvalue weighted by molar-refractivity contribution is 0.148. The molecule has 2 aromatic heterocycles. The van der Waals surface area contributed by atoms with Gasteiger partial charge in [0.15, 0.2) is 0 Å². The Hall–Kier alpha value is -3.92. The third-order valence-corrected chi connectivity index (χ3v) is 7.12. The molecule has 6 heteroatoms. The fourth-order valence-electron chi connectivity index (χ4n) is 4.78. The molecule has 3 heterocycles. The first-order valence-corrected chi connectivity index (χ1v) is 12.4. The topological polar surface area (TPSA) is 71.0 Å². The Morgan fingerprint density at radius 1 is 1.03 bits per heavy atom. The fourth-order valence-corrected chi connectivity index (χ4v) is 4.78. The van der Waals surface area contributed by atoms with Crippen molar-refractivity contribution in [1.29, 1.82) is 5.26 Å². The van der Waals surface area contributed by atoms with Crippen molar-refractivity contribution in [3.63, 3.8) is 0 Å². The Kier molecular flexibility index (Phi) is 6.86. The van der Waals surface area contributed by atoms with Crippen LogP contribution >= 0.6 is 0 Å². The van der Waals surface area contributed by atoms with Crippen molar-refractivity contribution in [2.45, 2.75) is 20.4 Å². The molecule has 6 nitrogen and oxygen atoms in total. The Balaban J connectivity index is 1.39. The monoisotopic (exact) mass is 476 g/mol. The van der Waals surface area contributed by atoms with Crippen LogP contribution in [0.3, 0.4) is 0 Å². The second-order valence-corrected chi connectivity index (χ2v) is 9.61. The highest BCUT2D eigenvalue weighted by atomic mass is 15.2. The van der Waals surface area contributed by atoms with Crippen molar-refractivity contribution in [3.8, 4) is 6.07 Å². The number of rotatable bonds is 6. The highest BCUT2D eigenvalue weighted by molar-refractivity contribution is 5.90. The number of pyridine rings is 1. The number of nitriles is 1. The van der Waals surface area contributed by atoms with Crippen molar-refractivity contribution < 1.29 is 0 Å². The number of likely N-dealkylation sites (N-methyl/N-ethyl adjacent to an activating group) is 1. The summed E-state index contributed by atoms with van der Waals surface area (Å²) in [5, 5.41) is 14.5. The van der Waals surface area contributed by atoms with Crippen molar-refractivity contribution >= 4 is 34.4 Å². The third-order valence-electron chi connectivity index (χ3n) is 7.12. The van der Waals surface area contributed by atoms with Crippen molar-refractivity contribution in [3.05, 3.63) is 88.4 Å². The molecule has 4 aromatic rings. The minimum Gasteiger partial charge on any atom is -0.361 e. The number of nitrogens with zero attached hydrogens (tertiary/aromatic N) is 4. The highest BCUT2D eigenvalue weighted by Gasteiger charge is 2.15. The van der Waals surface area contributed by atoms with Crippen LogP contribution in [0.2, 0.25) is 0 Å². The molecule has 1 aliphatic heterocycles. The summed E-state index contributed by atoms with van der Waals surface area (Å²) >= 11 is 0. The summed E-state index contributed by atoms with van der Waals surface area (Å²) < 4.78 is 0. The molecule has 0 saturated carbocycles. The minimum atomic E-state index is 0.524. The first kappa shape index (κ1) is 23.8. The van der Waals surface area contributed by atoms with E-state index in [9.17, 15) is 5.26 Å². The van der Waals surface area contributed by atoms with Gasteiger partial charge in [-0.05, 0) is 55.8 Å². The summed E-state index contributed by atoms with van der Waals surface area (Å²) in [6, 6.07) is 17.2. The Bertz CT molecular complexity index is 1430. The molecule has 0 radical (unpaired) electrons. The Morgan fingerprint density at radius 3 is 2.56 bits per heavy atom. The second kappa shape index (κ2) is 10.4. The van der Waals surface area contributed by atoms with E-state index in [-0.39, 0.29) is 0 Å².